The summed E-state index contributed by atoms with van der Waals surface area (Å²) in [5.74, 6) is -2.49. The SMILES string of the molecule is O=C(c1cc(F)cc(F)c1)N1CCN2C(=O)c3ncccc3C12c1ccccc1. The molecule has 2 aliphatic heterocycles. The number of pyridine rings is 1. The Kier molecular flexibility index (Phi) is 3.74. The van der Waals surface area contributed by atoms with Crippen LogP contribution in [0.4, 0.5) is 8.78 Å². The van der Waals surface area contributed by atoms with E-state index in [1.54, 1.807) is 17.0 Å². The van der Waals surface area contributed by atoms with Gasteiger partial charge in [0.05, 0.1) is 0 Å². The van der Waals surface area contributed by atoms with E-state index in [-0.39, 0.29) is 30.3 Å². The van der Waals surface area contributed by atoms with Gasteiger partial charge in [-0.15, -0.1) is 0 Å². The number of carbonyl (C=O) groups excluding carboxylic acids is 2. The van der Waals surface area contributed by atoms with Crippen molar-refractivity contribution in [1.29, 1.82) is 0 Å². The number of hydrogen-bond acceptors (Lipinski definition) is 3. The van der Waals surface area contributed by atoms with Crippen LogP contribution < -0.4 is 0 Å². The molecule has 1 fully saturated rings. The molecule has 29 heavy (non-hydrogen) atoms. The van der Waals surface area contributed by atoms with Gasteiger partial charge in [0.2, 0.25) is 0 Å². The predicted octanol–water partition coefficient (Wildman–Crippen LogP) is 3.17. The maximum Gasteiger partial charge on any atom is 0.275 e. The number of rotatable bonds is 2. The first kappa shape index (κ1) is 17.5. The highest BCUT2D eigenvalue weighted by atomic mass is 19.1. The van der Waals surface area contributed by atoms with Gasteiger partial charge < -0.3 is 9.80 Å². The number of aromatic nitrogens is 1. The van der Waals surface area contributed by atoms with Crippen LogP contribution in [0.3, 0.4) is 0 Å². The summed E-state index contributed by atoms with van der Waals surface area (Å²) in [5, 5.41) is 0. The molecule has 0 bridgehead atoms. The van der Waals surface area contributed by atoms with Crippen LogP contribution in [0.2, 0.25) is 0 Å². The highest BCUT2D eigenvalue weighted by Gasteiger charge is 2.60. The van der Waals surface area contributed by atoms with E-state index in [9.17, 15) is 18.4 Å². The Hall–Kier alpha value is -3.61. The second-order valence-electron chi connectivity index (χ2n) is 7.01. The first-order chi connectivity index (χ1) is 14.0. The predicted molar refractivity (Wildman–Crippen MR) is 99.9 cm³/mol. The highest BCUT2D eigenvalue weighted by Crippen LogP contribution is 2.49. The molecule has 3 heterocycles. The Labute approximate surface area is 165 Å². The number of benzene rings is 2. The van der Waals surface area contributed by atoms with Crippen LogP contribution in [0.5, 0.6) is 0 Å². The van der Waals surface area contributed by atoms with Crippen LogP contribution >= 0.6 is 0 Å². The van der Waals surface area contributed by atoms with Gasteiger partial charge in [-0.25, -0.2) is 8.78 Å². The average molecular weight is 391 g/mol. The van der Waals surface area contributed by atoms with Crippen LogP contribution in [0, 0.1) is 11.6 Å². The maximum atomic E-state index is 13.8. The Bertz CT molecular complexity index is 1130. The molecule has 1 saturated heterocycles. The van der Waals surface area contributed by atoms with E-state index in [1.807, 2.05) is 30.3 Å². The van der Waals surface area contributed by atoms with E-state index in [4.69, 9.17) is 0 Å². The first-order valence-corrected chi connectivity index (χ1v) is 9.14. The largest absolute Gasteiger partial charge is 0.306 e. The molecule has 0 aliphatic carbocycles. The minimum absolute atomic E-state index is 0.107. The lowest BCUT2D eigenvalue weighted by Gasteiger charge is -2.40. The number of halogens is 2. The average Bonchev–Trinajstić information content (AvgIpc) is 3.23. The zero-order chi connectivity index (χ0) is 20.2. The molecule has 0 N–H and O–H groups in total. The zero-order valence-electron chi connectivity index (χ0n) is 15.2. The molecule has 1 unspecified atom stereocenters. The second-order valence-corrected chi connectivity index (χ2v) is 7.01. The van der Waals surface area contributed by atoms with Crippen molar-refractivity contribution >= 4 is 11.8 Å². The Morgan fingerprint density at radius 3 is 2.41 bits per heavy atom. The summed E-state index contributed by atoms with van der Waals surface area (Å²) in [6.07, 6.45) is 1.53. The highest BCUT2D eigenvalue weighted by molar-refractivity contribution is 6.02. The van der Waals surface area contributed by atoms with Crippen LogP contribution in [0.1, 0.15) is 32.0 Å². The summed E-state index contributed by atoms with van der Waals surface area (Å²) in [6, 6.07) is 15.4. The molecular weight excluding hydrogens is 376 g/mol. The van der Waals surface area contributed by atoms with Gasteiger partial charge in [-0.2, -0.15) is 0 Å². The van der Waals surface area contributed by atoms with E-state index in [0.29, 0.717) is 11.1 Å². The molecule has 2 aromatic carbocycles. The van der Waals surface area contributed by atoms with E-state index < -0.39 is 23.2 Å². The molecule has 144 valence electrons. The lowest BCUT2D eigenvalue weighted by atomic mass is 9.91. The molecule has 5 rings (SSSR count). The molecule has 1 aromatic heterocycles. The van der Waals surface area contributed by atoms with Crippen molar-refractivity contribution in [3.63, 3.8) is 0 Å². The number of nitrogens with zero attached hydrogens (tertiary/aromatic N) is 3. The van der Waals surface area contributed by atoms with Crippen molar-refractivity contribution in [1.82, 2.24) is 14.8 Å². The number of fused-ring (bicyclic) bond motifs is 3. The molecule has 3 aromatic rings. The minimum Gasteiger partial charge on any atom is -0.306 e. The van der Waals surface area contributed by atoms with Crippen molar-refractivity contribution in [2.75, 3.05) is 13.1 Å². The third kappa shape index (κ3) is 2.33. The molecular formula is C22H15F2N3O2. The van der Waals surface area contributed by atoms with Crippen LogP contribution in [0.25, 0.3) is 0 Å². The van der Waals surface area contributed by atoms with Crippen molar-refractivity contribution in [3.8, 4) is 0 Å². The molecule has 1 atom stereocenters. The van der Waals surface area contributed by atoms with Gasteiger partial charge in [0.1, 0.15) is 17.3 Å². The molecule has 0 spiro atoms. The number of hydrogen-bond donors (Lipinski definition) is 0. The summed E-state index contributed by atoms with van der Waals surface area (Å²) >= 11 is 0. The normalized spacial score (nSPS) is 20.0. The molecule has 0 radical (unpaired) electrons. The monoisotopic (exact) mass is 391 g/mol. The van der Waals surface area contributed by atoms with Gasteiger partial charge in [-0.1, -0.05) is 36.4 Å². The van der Waals surface area contributed by atoms with Crippen molar-refractivity contribution < 1.29 is 18.4 Å². The molecule has 0 saturated carbocycles. The second kappa shape index (κ2) is 6.20. The van der Waals surface area contributed by atoms with Crippen LogP contribution in [-0.2, 0) is 5.66 Å². The third-order valence-corrected chi connectivity index (χ3v) is 5.49. The topological polar surface area (TPSA) is 53.5 Å². The van der Waals surface area contributed by atoms with Gasteiger partial charge in [0, 0.05) is 42.0 Å². The summed E-state index contributed by atoms with van der Waals surface area (Å²) in [4.78, 5) is 33.8. The number of carbonyl (C=O) groups is 2. The van der Waals surface area contributed by atoms with Gasteiger partial charge in [-0.3, -0.25) is 14.6 Å². The molecule has 5 nitrogen and oxygen atoms in total. The van der Waals surface area contributed by atoms with Crippen molar-refractivity contribution in [2.24, 2.45) is 0 Å². The Morgan fingerprint density at radius 1 is 0.966 bits per heavy atom. The van der Waals surface area contributed by atoms with E-state index in [2.05, 4.69) is 4.98 Å². The smallest absolute Gasteiger partial charge is 0.275 e. The zero-order valence-corrected chi connectivity index (χ0v) is 15.2. The number of amides is 2. The minimum atomic E-state index is -1.21. The molecule has 7 heteroatoms. The van der Waals surface area contributed by atoms with Gasteiger partial charge in [-0.05, 0) is 18.2 Å². The van der Waals surface area contributed by atoms with Crippen molar-refractivity contribution in [2.45, 2.75) is 5.66 Å². The summed E-state index contributed by atoms with van der Waals surface area (Å²) < 4.78 is 27.6. The molecule has 2 amide bonds. The lowest BCUT2D eigenvalue weighted by Crippen LogP contribution is -2.51. The fourth-order valence-electron chi connectivity index (χ4n) is 4.41. The van der Waals surface area contributed by atoms with E-state index in [0.717, 1.165) is 18.2 Å². The van der Waals surface area contributed by atoms with E-state index >= 15 is 0 Å². The van der Waals surface area contributed by atoms with Crippen LogP contribution in [-0.4, -0.2) is 39.7 Å². The lowest BCUT2D eigenvalue weighted by molar-refractivity contribution is 0.0374. The fraction of sp³-hybridized carbons (Fsp3) is 0.136. The Balaban J connectivity index is 1.75. The van der Waals surface area contributed by atoms with Crippen LogP contribution in [0.15, 0.2) is 66.9 Å². The first-order valence-electron chi connectivity index (χ1n) is 9.14. The Morgan fingerprint density at radius 2 is 1.69 bits per heavy atom. The quantitative estimate of drug-likeness (QED) is 0.674. The fourth-order valence-corrected chi connectivity index (χ4v) is 4.41. The van der Waals surface area contributed by atoms with Gasteiger partial charge >= 0.3 is 0 Å². The maximum absolute atomic E-state index is 13.8. The third-order valence-electron chi connectivity index (χ3n) is 5.49. The summed E-state index contributed by atoms with van der Waals surface area (Å²) in [6.45, 7) is 0.513. The molecule has 2 aliphatic rings. The van der Waals surface area contributed by atoms with Crippen molar-refractivity contribution in [3.05, 3.63) is 101 Å². The van der Waals surface area contributed by atoms with Gasteiger partial charge in [0.15, 0.2) is 5.66 Å². The van der Waals surface area contributed by atoms with E-state index in [1.165, 1.54) is 11.1 Å². The van der Waals surface area contributed by atoms with Gasteiger partial charge in [0.25, 0.3) is 11.8 Å². The summed E-state index contributed by atoms with van der Waals surface area (Å²) in [5.41, 5.74) is 0.257. The summed E-state index contributed by atoms with van der Waals surface area (Å²) in [7, 11) is 0. The standard InChI is InChI=1S/C22H15F2N3O2/c23-16-11-14(12-17(24)13-16)20(28)26-9-10-27-21(29)19-18(7-4-8-25-19)22(26,27)15-5-2-1-3-6-15/h1-8,11-13H,9-10H2.